The maximum absolute atomic E-state index is 14.0. The Morgan fingerprint density at radius 3 is 2.72 bits per heavy atom. The van der Waals surface area contributed by atoms with Gasteiger partial charge in [-0.05, 0) is 31.9 Å². The molecule has 0 saturated carbocycles. The molecule has 4 heterocycles. The first-order valence-corrected chi connectivity index (χ1v) is 12.7. The predicted molar refractivity (Wildman–Crippen MR) is 148 cm³/mol. The number of nitrogens with two attached hydrogens (primary N) is 2. The molecule has 3 aromatic heterocycles. The van der Waals surface area contributed by atoms with Gasteiger partial charge in [0, 0.05) is 24.5 Å². The first-order valence-electron chi connectivity index (χ1n) is 12.7. The molecule has 12 heteroatoms. The molecule has 1 unspecified atom stereocenters. The van der Waals surface area contributed by atoms with Crippen LogP contribution in [-0.2, 0) is 29.2 Å². The van der Waals surface area contributed by atoms with Gasteiger partial charge in [-0.2, -0.15) is 4.98 Å². The van der Waals surface area contributed by atoms with Gasteiger partial charge in [0.2, 0.25) is 5.95 Å². The molecule has 1 saturated heterocycles. The number of nitrogens with zero attached hydrogens (tertiary/aromatic N) is 6. The van der Waals surface area contributed by atoms with Crippen LogP contribution in [0.15, 0.2) is 39.9 Å². The Labute approximate surface area is 223 Å². The van der Waals surface area contributed by atoms with Crippen LogP contribution in [0.3, 0.4) is 0 Å². The Kier molecular flexibility index (Phi) is 7.08. The van der Waals surface area contributed by atoms with E-state index in [-0.39, 0.29) is 30.3 Å². The van der Waals surface area contributed by atoms with Gasteiger partial charge in [-0.1, -0.05) is 24.1 Å². The minimum Gasteiger partial charge on any atom is -0.468 e. The van der Waals surface area contributed by atoms with Gasteiger partial charge in [-0.25, -0.2) is 9.78 Å². The van der Waals surface area contributed by atoms with Crippen LogP contribution in [0.2, 0.25) is 0 Å². The summed E-state index contributed by atoms with van der Waals surface area (Å²) in [5, 5.41) is 0.838. The van der Waals surface area contributed by atoms with Gasteiger partial charge in [-0.3, -0.25) is 23.3 Å². The molecule has 5 rings (SSSR count). The molecule has 39 heavy (non-hydrogen) atoms. The van der Waals surface area contributed by atoms with Gasteiger partial charge < -0.3 is 21.1 Å². The Hall–Kier alpha value is -4.63. The predicted octanol–water partition coefficient (Wildman–Crippen LogP) is 0.662. The fraction of sp³-hybridized carbons (Fsp3) is 0.370. The number of aromatic nitrogens is 5. The molecule has 202 valence electrons. The summed E-state index contributed by atoms with van der Waals surface area (Å²) in [6.45, 7) is 2.56. The van der Waals surface area contributed by atoms with Crippen LogP contribution in [0.1, 0.15) is 25.5 Å². The van der Waals surface area contributed by atoms with Crippen LogP contribution in [-0.4, -0.2) is 55.9 Å². The summed E-state index contributed by atoms with van der Waals surface area (Å²) >= 11 is 0. The van der Waals surface area contributed by atoms with Crippen molar-refractivity contribution in [3.05, 3.63) is 56.9 Å². The lowest BCUT2D eigenvalue weighted by molar-refractivity contribution is -0.141. The number of carbonyl (C=O) groups is 1. The Morgan fingerprint density at radius 2 is 1.97 bits per heavy atom. The SMILES string of the molecule is CC#CCn1c(N2CCCC(N)C2)nc2c1c(=O)n(Cc1ccc3cccc(N)c3n1)c(=O)n2CC(=O)OC. The van der Waals surface area contributed by atoms with Gasteiger partial charge in [-0.15, -0.1) is 5.92 Å². The highest BCUT2D eigenvalue weighted by molar-refractivity contribution is 5.89. The van der Waals surface area contributed by atoms with Gasteiger partial charge in [0.05, 0.1) is 37.1 Å². The molecule has 4 aromatic rings. The Morgan fingerprint density at radius 1 is 1.15 bits per heavy atom. The summed E-state index contributed by atoms with van der Waals surface area (Å²) in [7, 11) is 1.24. The monoisotopic (exact) mass is 530 g/mol. The number of esters is 1. The van der Waals surface area contributed by atoms with Crippen molar-refractivity contribution in [2.75, 3.05) is 30.8 Å². The molecule has 0 aliphatic carbocycles. The number of rotatable bonds is 6. The van der Waals surface area contributed by atoms with Crippen molar-refractivity contribution >= 4 is 39.7 Å². The van der Waals surface area contributed by atoms with E-state index in [9.17, 15) is 14.4 Å². The average Bonchev–Trinajstić information content (AvgIpc) is 3.32. The van der Waals surface area contributed by atoms with E-state index in [1.807, 2.05) is 23.1 Å². The number of methoxy groups -OCH3 is 1. The number of fused-ring (bicyclic) bond motifs is 2. The zero-order valence-corrected chi connectivity index (χ0v) is 21.9. The molecule has 1 atom stereocenters. The van der Waals surface area contributed by atoms with Crippen molar-refractivity contribution in [2.24, 2.45) is 5.73 Å². The number of para-hydroxylation sites is 1. The second kappa shape index (κ2) is 10.6. The molecule has 12 nitrogen and oxygen atoms in total. The third kappa shape index (κ3) is 4.84. The molecule has 1 fully saturated rings. The van der Waals surface area contributed by atoms with E-state index >= 15 is 0 Å². The number of hydrogen-bond acceptors (Lipinski definition) is 9. The van der Waals surface area contributed by atoms with Crippen molar-refractivity contribution in [3.8, 4) is 11.8 Å². The van der Waals surface area contributed by atoms with Gasteiger partial charge in [0.15, 0.2) is 11.2 Å². The van der Waals surface area contributed by atoms with Crippen LogP contribution in [0.5, 0.6) is 0 Å². The molecule has 1 aromatic carbocycles. The largest absolute Gasteiger partial charge is 0.468 e. The first-order chi connectivity index (χ1) is 18.8. The Balaban J connectivity index is 1.74. The van der Waals surface area contributed by atoms with E-state index in [0.717, 1.165) is 22.8 Å². The van der Waals surface area contributed by atoms with Crippen LogP contribution < -0.4 is 27.6 Å². The lowest BCUT2D eigenvalue weighted by Gasteiger charge is -2.31. The maximum Gasteiger partial charge on any atom is 0.333 e. The quantitative estimate of drug-likeness (QED) is 0.208. The number of ether oxygens (including phenoxy) is 1. The highest BCUT2D eigenvalue weighted by Gasteiger charge is 2.27. The van der Waals surface area contributed by atoms with Crippen molar-refractivity contribution in [1.29, 1.82) is 0 Å². The van der Waals surface area contributed by atoms with Crippen LogP contribution in [0.25, 0.3) is 22.1 Å². The summed E-state index contributed by atoms with van der Waals surface area (Å²) in [5.41, 5.74) is 12.9. The third-order valence-electron chi connectivity index (χ3n) is 6.89. The summed E-state index contributed by atoms with van der Waals surface area (Å²) in [6.07, 6.45) is 1.74. The van der Waals surface area contributed by atoms with E-state index in [4.69, 9.17) is 21.2 Å². The molecule has 1 aliphatic heterocycles. The van der Waals surface area contributed by atoms with E-state index in [1.54, 1.807) is 23.6 Å². The molecular weight excluding hydrogens is 500 g/mol. The first kappa shape index (κ1) is 26.0. The van der Waals surface area contributed by atoms with Crippen LogP contribution in [0, 0.1) is 11.8 Å². The third-order valence-corrected chi connectivity index (χ3v) is 6.89. The molecule has 0 amide bonds. The lowest BCUT2D eigenvalue weighted by Crippen LogP contribution is -2.44. The van der Waals surface area contributed by atoms with Crippen molar-refractivity contribution < 1.29 is 9.53 Å². The topological polar surface area (TPSA) is 156 Å². The van der Waals surface area contributed by atoms with Gasteiger partial charge in [0.25, 0.3) is 5.56 Å². The number of hydrogen-bond donors (Lipinski definition) is 2. The number of pyridine rings is 1. The summed E-state index contributed by atoms with van der Waals surface area (Å²) in [4.78, 5) is 51.3. The second-order valence-electron chi connectivity index (χ2n) is 9.50. The van der Waals surface area contributed by atoms with Gasteiger partial charge >= 0.3 is 11.7 Å². The number of imidazole rings is 1. The van der Waals surface area contributed by atoms with Crippen LogP contribution in [0.4, 0.5) is 11.6 Å². The summed E-state index contributed by atoms with van der Waals surface area (Å²) in [6, 6.07) is 8.97. The van der Waals surface area contributed by atoms with Crippen molar-refractivity contribution in [3.63, 3.8) is 0 Å². The number of piperidine rings is 1. The average molecular weight is 531 g/mol. The highest BCUT2D eigenvalue weighted by atomic mass is 16.5. The molecule has 0 radical (unpaired) electrons. The zero-order valence-electron chi connectivity index (χ0n) is 21.9. The van der Waals surface area contributed by atoms with E-state index in [0.29, 0.717) is 35.9 Å². The molecule has 0 bridgehead atoms. The van der Waals surface area contributed by atoms with Gasteiger partial charge in [0.1, 0.15) is 6.54 Å². The molecule has 0 spiro atoms. The van der Waals surface area contributed by atoms with E-state index < -0.39 is 23.8 Å². The van der Waals surface area contributed by atoms with Crippen LogP contribution >= 0.6 is 0 Å². The summed E-state index contributed by atoms with van der Waals surface area (Å²) in [5.74, 6) is 5.69. The summed E-state index contributed by atoms with van der Waals surface area (Å²) < 4.78 is 8.77. The highest BCUT2D eigenvalue weighted by Crippen LogP contribution is 2.24. The van der Waals surface area contributed by atoms with Crippen molar-refractivity contribution in [1.82, 2.24) is 23.7 Å². The number of nitrogen functional groups attached to an aromatic ring is 1. The zero-order chi connectivity index (χ0) is 27.7. The molecule has 1 aliphatic rings. The number of benzene rings is 1. The second-order valence-corrected chi connectivity index (χ2v) is 9.50. The lowest BCUT2D eigenvalue weighted by atomic mass is 10.1. The van der Waals surface area contributed by atoms with E-state index in [2.05, 4.69) is 16.8 Å². The standard InChI is InChI=1S/C27H30N8O4/c1-3-4-13-33-23-24(31-26(33)32-12-6-8-18(28)14-32)34(16-21(36)39-2)27(38)35(25(23)37)15-19-11-10-17-7-5-9-20(29)22(17)30-19/h5,7,9-11,18H,6,8,12-16,28-29H2,1-2H3. The maximum atomic E-state index is 14.0. The Bertz CT molecular complexity index is 1760. The minimum absolute atomic E-state index is 0.0513. The fourth-order valence-electron chi connectivity index (χ4n) is 4.96. The number of anilines is 2. The van der Waals surface area contributed by atoms with E-state index in [1.165, 1.54) is 11.7 Å². The molecule has 4 N–H and O–H groups in total. The fourth-order valence-corrected chi connectivity index (χ4v) is 4.96. The minimum atomic E-state index is -0.700. The van der Waals surface area contributed by atoms with Crippen molar-refractivity contribution in [2.45, 2.75) is 45.4 Å². The molecular formula is C27H30N8O4. The number of carbonyl (C=O) groups excluding carboxylic acids is 1. The normalized spacial score (nSPS) is 15.4. The smallest absolute Gasteiger partial charge is 0.333 e.